The van der Waals surface area contributed by atoms with Crippen LogP contribution < -0.4 is 10.5 Å². The van der Waals surface area contributed by atoms with E-state index in [-0.39, 0.29) is 34.3 Å². The molecular formula is C16H10Cl2N2O3. The lowest BCUT2D eigenvalue weighted by atomic mass is 9.83. The number of ether oxygens (including phenoxy) is 1. The number of hydrogen-bond donors (Lipinski definition) is 3. The molecule has 23 heavy (non-hydrogen) atoms. The molecule has 0 spiro atoms. The van der Waals surface area contributed by atoms with Crippen LogP contribution in [0.2, 0.25) is 10.0 Å². The second kappa shape index (κ2) is 5.58. The van der Waals surface area contributed by atoms with E-state index < -0.39 is 5.92 Å². The van der Waals surface area contributed by atoms with Gasteiger partial charge in [-0.2, -0.15) is 5.26 Å². The Bertz CT molecular complexity index is 867. The van der Waals surface area contributed by atoms with Gasteiger partial charge in [-0.1, -0.05) is 29.3 Å². The Hall–Kier alpha value is -2.55. The number of allylic oxidation sites excluding steroid dienone is 1. The lowest BCUT2D eigenvalue weighted by Crippen LogP contribution is -2.21. The number of nitrogens with two attached hydrogens (primary N) is 1. The fourth-order valence-electron chi connectivity index (χ4n) is 2.63. The number of nitrogens with zero attached hydrogens (tertiary/aromatic N) is 1. The molecule has 0 saturated heterocycles. The van der Waals surface area contributed by atoms with Crippen LogP contribution in [0.25, 0.3) is 0 Å². The van der Waals surface area contributed by atoms with Crippen LogP contribution in [0.4, 0.5) is 0 Å². The molecule has 1 aliphatic rings. The van der Waals surface area contributed by atoms with Crippen molar-refractivity contribution in [2.45, 2.75) is 5.92 Å². The molecule has 1 heterocycles. The van der Waals surface area contributed by atoms with Crippen LogP contribution in [-0.4, -0.2) is 10.2 Å². The fraction of sp³-hybridized carbons (Fsp3) is 0.0625. The van der Waals surface area contributed by atoms with E-state index in [2.05, 4.69) is 0 Å². The third-order valence-electron chi connectivity index (χ3n) is 3.58. The van der Waals surface area contributed by atoms with Gasteiger partial charge in [-0.25, -0.2) is 0 Å². The molecule has 0 aromatic heterocycles. The zero-order valence-corrected chi connectivity index (χ0v) is 13.1. The van der Waals surface area contributed by atoms with Crippen LogP contribution in [0.15, 0.2) is 41.8 Å². The molecule has 2 aromatic rings. The highest BCUT2D eigenvalue weighted by atomic mass is 35.5. The summed E-state index contributed by atoms with van der Waals surface area (Å²) in [6.07, 6.45) is 0. The molecule has 0 aliphatic carbocycles. The maximum Gasteiger partial charge on any atom is 0.205 e. The van der Waals surface area contributed by atoms with Crippen LogP contribution >= 0.6 is 23.2 Å². The summed E-state index contributed by atoms with van der Waals surface area (Å²) in [5, 5.41) is 30.0. The highest BCUT2D eigenvalue weighted by Crippen LogP contribution is 2.50. The summed E-state index contributed by atoms with van der Waals surface area (Å²) >= 11 is 12.5. The molecule has 0 radical (unpaired) electrons. The Labute approximate surface area is 141 Å². The van der Waals surface area contributed by atoms with E-state index in [4.69, 9.17) is 33.7 Å². The highest BCUT2D eigenvalue weighted by Gasteiger charge is 2.35. The van der Waals surface area contributed by atoms with Crippen molar-refractivity contribution in [1.82, 2.24) is 0 Å². The number of phenolic OH excluding ortho intramolecular Hbond substituents is 2. The van der Waals surface area contributed by atoms with Gasteiger partial charge >= 0.3 is 0 Å². The first kappa shape index (κ1) is 15.3. The molecule has 1 unspecified atom stereocenters. The average Bonchev–Trinajstić information content (AvgIpc) is 2.46. The summed E-state index contributed by atoms with van der Waals surface area (Å²) in [5.74, 6) is -1.24. The van der Waals surface area contributed by atoms with Crippen LogP contribution in [0.3, 0.4) is 0 Å². The molecule has 1 atom stereocenters. The van der Waals surface area contributed by atoms with Gasteiger partial charge in [-0.15, -0.1) is 0 Å². The number of phenols is 2. The minimum absolute atomic E-state index is 0.0773. The van der Waals surface area contributed by atoms with E-state index >= 15 is 0 Å². The van der Waals surface area contributed by atoms with Crippen molar-refractivity contribution in [3.63, 3.8) is 0 Å². The van der Waals surface area contributed by atoms with E-state index in [1.54, 1.807) is 18.2 Å². The molecule has 0 saturated carbocycles. The Morgan fingerprint density at radius 1 is 1.13 bits per heavy atom. The molecule has 0 fully saturated rings. The van der Waals surface area contributed by atoms with E-state index in [0.717, 1.165) is 6.07 Å². The van der Waals surface area contributed by atoms with Crippen molar-refractivity contribution < 1.29 is 14.9 Å². The van der Waals surface area contributed by atoms with Gasteiger partial charge in [0, 0.05) is 33.3 Å². The summed E-state index contributed by atoms with van der Waals surface area (Å²) in [6.45, 7) is 0. The molecule has 0 amide bonds. The van der Waals surface area contributed by atoms with Gasteiger partial charge < -0.3 is 20.7 Å². The molecule has 7 heteroatoms. The van der Waals surface area contributed by atoms with Crippen molar-refractivity contribution >= 4 is 23.2 Å². The Morgan fingerprint density at radius 2 is 1.78 bits per heavy atom. The minimum atomic E-state index is -0.800. The first-order valence-corrected chi connectivity index (χ1v) is 7.27. The smallest absolute Gasteiger partial charge is 0.205 e. The predicted molar refractivity (Wildman–Crippen MR) is 85.5 cm³/mol. The third kappa shape index (κ3) is 2.42. The quantitative estimate of drug-likeness (QED) is 0.730. The van der Waals surface area contributed by atoms with E-state index in [1.165, 1.54) is 6.07 Å². The zero-order chi connectivity index (χ0) is 16.7. The molecular weight excluding hydrogens is 339 g/mol. The maximum atomic E-state index is 10.3. The summed E-state index contributed by atoms with van der Waals surface area (Å²) in [6, 6.07) is 9.35. The number of rotatable bonds is 1. The monoisotopic (exact) mass is 348 g/mol. The predicted octanol–water partition coefficient (Wildman–Crippen LogP) is 3.62. The molecule has 2 aromatic carbocycles. The normalized spacial score (nSPS) is 16.5. The van der Waals surface area contributed by atoms with Gasteiger partial charge in [0.1, 0.15) is 28.9 Å². The standard InChI is InChI=1S/C16H10Cl2N2O3/c17-9-2-1-3-10(18)14(9)13-8(6-19)16(20)23-12-5-7(21)4-11(22)15(12)13/h1-5,13,21-22H,20H2. The number of aromatic hydroxyl groups is 2. The molecule has 3 rings (SSSR count). The summed E-state index contributed by atoms with van der Waals surface area (Å²) < 4.78 is 5.36. The van der Waals surface area contributed by atoms with E-state index in [1.807, 2.05) is 6.07 Å². The van der Waals surface area contributed by atoms with Crippen LogP contribution in [-0.2, 0) is 0 Å². The molecule has 1 aliphatic heterocycles. The topological polar surface area (TPSA) is 99.5 Å². The van der Waals surface area contributed by atoms with E-state index in [9.17, 15) is 15.5 Å². The lowest BCUT2D eigenvalue weighted by Gasteiger charge is -2.28. The molecule has 116 valence electrons. The van der Waals surface area contributed by atoms with Crippen molar-refractivity contribution in [3.8, 4) is 23.3 Å². The number of halogens is 2. The van der Waals surface area contributed by atoms with Gasteiger partial charge in [0.15, 0.2) is 0 Å². The second-order valence-electron chi connectivity index (χ2n) is 4.94. The Balaban J connectivity index is 2.37. The highest BCUT2D eigenvalue weighted by molar-refractivity contribution is 6.36. The molecule has 5 nitrogen and oxygen atoms in total. The van der Waals surface area contributed by atoms with Crippen molar-refractivity contribution in [2.24, 2.45) is 5.73 Å². The van der Waals surface area contributed by atoms with E-state index in [0.29, 0.717) is 15.6 Å². The van der Waals surface area contributed by atoms with Crippen LogP contribution in [0.5, 0.6) is 17.2 Å². The summed E-state index contributed by atoms with van der Waals surface area (Å²) in [5.41, 5.74) is 6.59. The van der Waals surface area contributed by atoms with Crippen molar-refractivity contribution in [2.75, 3.05) is 0 Å². The summed E-state index contributed by atoms with van der Waals surface area (Å²) in [7, 11) is 0. The van der Waals surface area contributed by atoms with Crippen molar-refractivity contribution in [3.05, 3.63) is 63.0 Å². The van der Waals surface area contributed by atoms with Crippen molar-refractivity contribution in [1.29, 1.82) is 5.26 Å². The third-order valence-corrected chi connectivity index (χ3v) is 4.24. The zero-order valence-electron chi connectivity index (χ0n) is 11.5. The first-order valence-electron chi connectivity index (χ1n) is 6.51. The number of benzene rings is 2. The van der Waals surface area contributed by atoms with Gasteiger partial charge in [0.25, 0.3) is 0 Å². The first-order chi connectivity index (χ1) is 10.9. The maximum absolute atomic E-state index is 10.3. The van der Waals surface area contributed by atoms with Gasteiger partial charge in [0.2, 0.25) is 5.88 Å². The van der Waals surface area contributed by atoms with Gasteiger partial charge in [-0.05, 0) is 12.1 Å². The average molecular weight is 349 g/mol. The fourth-order valence-corrected chi connectivity index (χ4v) is 3.24. The van der Waals surface area contributed by atoms with Gasteiger partial charge in [-0.3, -0.25) is 0 Å². The SMILES string of the molecule is N#CC1=C(N)Oc2cc(O)cc(O)c2C1c1c(Cl)cccc1Cl. The Kier molecular flexibility index (Phi) is 3.72. The summed E-state index contributed by atoms with van der Waals surface area (Å²) in [4.78, 5) is 0. The second-order valence-corrected chi connectivity index (χ2v) is 5.75. The number of hydrogen-bond acceptors (Lipinski definition) is 5. The van der Waals surface area contributed by atoms with Crippen LogP contribution in [0.1, 0.15) is 17.0 Å². The number of nitriles is 1. The number of fused-ring (bicyclic) bond motifs is 1. The molecule has 0 bridgehead atoms. The van der Waals surface area contributed by atoms with Crippen LogP contribution in [0, 0.1) is 11.3 Å². The Morgan fingerprint density at radius 3 is 2.39 bits per heavy atom. The lowest BCUT2D eigenvalue weighted by molar-refractivity contribution is 0.375. The minimum Gasteiger partial charge on any atom is -0.508 e. The largest absolute Gasteiger partial charge is 0.508 e. The molecule has 4 N–H and O–H groups in total. The van der Waals surface area contributed by atoms with Gasteiger partial charge in [0.05, 0.1) is 5.92 Å².